The molecule has 0 heterocycles. The van der Waals surface area contributed by atoms with Crippen LogP contribution in [-0.4, -0.2) is 37.8 Å². The van der Waals surface area contributed by atoms with Gasteiger partial charge < -0.3 is 15.4 Å². The molecular formula is C15H22N2O3S. The number of methoxy groups -OCH3 is 1. The van der Waals surface area contributed by atoms with Crippen molar-refractivity contribution in [3.63, 3.8) is 0 Å². The molecule has 1 atom stereocenters. The van der Waals surface area contributed by atoms with E-state index >= 15 is 0 Å². The van der Waals surface area contributed by atoms with Crippen LogP contribution >= 0.6 is 11.8 Å². The summed E-state index contributed by atoms with van der Waals surface area (Å²) < 4.78 is 5.24. The highest BCUT2D eigenvalue weighted by atomic mass is 32.2. The average molecular weight is 310 g/mol. The van der Waals surface area contributed by atoms with Crippen LogP contribution in [0.2, 0.25) is 0 Å². The Morgan fingerprint density at radius 2 is 2.10 bits per heavy atom. The van der Waals surface area contributed by atoms with Crippen molar-refractivity contribution in [2.24, 2.45) is 0 Å². The van der Waals surface area contributed by atoms with Gasteiger partial charge >= 0.3 is 0 Å². The number of carbonyl (C=O) groups excluding carboxylic acids is 2. The van der Waals surface area contributed by atoms with E-state index in [2.05, 4.69) is 10.6 Å². The van der Waals surface area contributed by atoms with E-state index in [1.807, 2.05) is 19.2 Å². The molecule has 0 saturated heterocycles. The molecule has 116 valence electrons. The predicted molar refractivity (Wildman–Crippen MR) is 85.0 cm³/mol. The van der Waals surface area contributed by atoms with Crippen molar-refractivity contribution >= 4 is 23.6 Å². The molecule has 0 bridgehead atoms. The lowest BCUT2D eigenvalue weighted by molar-refractivity contribution is -0.122. The van der Waals surface area contributed by atoms with Gasteiger partial charge in [-0.2, -0.15) is 0 Å². The van der Waals surface area contributed by atoms with E-state index in [9.17, 15) is 9.59 Å². The van der Waals surface area contributed by atoms with Crippen molar-refractivity contribution in [3.8, 4) is 5.75 Å². The molecule has 0 aliphatic carbocycles. The maximum atomic E-state index is 12.2. The van der Waals surface area contributed by atoms with E-state index in [-0.39, 0.29) is 11.8 Å². The highest BCUT2D eigenvalue weighted by Crippen LogP contribution is 2.25. The molecule has 0 saturated carbocycles. The van der Waals surface area contributed by atoms with Crippen molar-refractivity contribution in [2.75, 3.05) is 19.9 Å². The quantitative estimate of drug-likeness (QED) is 0.757. The average Bonchev–Trinajstić information content (AvgIpc) is 2.51. The lowest BCUT2D eigenvalue weighted by Gasteiger charge is -2.15. The SMILES string of the molecule is CCCNC(=O)[C@H](C)NC(=O)c1ccc(SC)cc1OC. The number of ether oxygens (including phenoxy) is 1. The van der Waals surface area contributed by atoms with Gasteiger partial charge in [0.25, 0.3) is 5.91 Å². The Labute approximate surface area is 129 Å². The van der Waals surface area contributed by atoms with Gasteiger partial charge in [-0.3, -0.25) is 9.59 Å². The molecule has 0 aliphatic rings. The van der Waals surface area contributed by atoms with Gasteiger partial charge in [0, 0.05) is 11.4 Å². The summed E-state index contributed by atoms with van der Waals surface area (Å²) in [6.45, 7) is 4.23. The lowest BCUT2D eigenvalue weighted by Crippen LogP contribution is -2.45. The number of hydrogen-bond donors (Lipinski definition) is 2. The van der Waals surface area contributed by atoms with Gasteiger partial charge in [0.1, 0.15) is 11.8 Å². The molecule has 1 aromatic carbocycles. The second kappa shape index (κ2) is 8.56. The van der Waals surface area contributed by atoms with Gasteiger partial charge in [-0.1, -0.05) is 6.92 Å². The minimum absolute atomic E-state index is 0.190. The van der Waals surface area contributed by atoms with E-state index in [1.54, 1.807) is 30.8 Å². The van der Waals surface area contributed by atoms with E-state index in [1.165, 1.54) is 7.11 Å². The third-order valence-corrected chi connectivity index (χ3v) is 3.67. The molecule has 0 unspecified atom stereocenters. The third kappa shape index (κ3) is 4.97. The molecule has 2 amide bonds. The van der Waals surface area contributed by atoms with E-state index in [0.29, 0.717) is 17.9 Å². The van der Waals surface area contributed by atoms with Crippen LogP contribution < -0.4 is 15.4 Å². The Kier molecular flexibility index (Phi) is 7.08. The molecule has 0 radical (unpaired) electrons. The van der Waals surface area contributed by atoms with Crippen LogP contribution in [0.5, 0.6) is 5.75 Å². The van der Waals surface area contributed by atoms with Gasteiger partial charge in [0.05, 0.1) is 12.7 Å². The number of carbonyl (C=O) groups is 2. The highest BCUT2D eigenvalue weighted by Gasteiger charge is 2.18. The van der Waals surface area contributed by atoms with Crippen LogP contribution in [0.4, 0.5) is 0 Å². The number of amides is 2. The van der Waals surface area contributed by atoms with Crippen LogP contribution in [0.25, 0.3) is 0 Å². The summed E-state index contributed by atoms with van der Waals surface area (Å²) in [4.78, 5) is 25.0. The molecule has 1 rings (SSSR count). The smallest absolute Gasteiger partial charge is 0.255 e. The molecule has 6 heteroatoms. The summed E-state index contributed by atoms with van der Waals surface area (Å²) in [5, 5.41) is 5.43. The van der Waals surface area contributed by atoms with Crippen molar-refractivity contribution < 1.29 is 14.3 Å². The monoisotopic (exact) mass is 310 g/mol. The summed E-state index contributed by atoms with van der Waals surface area (Å²) >= 11 is 1.57. The maximum absolute atomic E-state index is 12.2. The highest BCUT2D eigenvalue weighted by molar-refractivity contribution is 7.98. The molecular weight excluding hydrogens is 288 g/mol. The molecule has 0 aliphatic heterocycles. The van der Waals surface area contributed by atoms with Gasteiger partial charge in [0.2, 0.25) is 5.91 Å². The van der Waals surface area contributed by atoms with Gasteiger partial charge in [0.15, 0.2) is 0 Å². The summed E-state index contributed by atoms with van der Waals surface area (Å²) in [6.07, 6.45) is 2.81. The van der Waals surface area contributed by atoms with Gasteiger partial charge in [-0.15, -0.1) is 11.8 Å². The molecule has 0 fully saturated rings. The molecule has 1 aromatic rings. The zero-order valence-electron chi connectivity index (χ0n) is 12.9. The Morgan fingerprint density at radius 3 is 2.67 bits per heavy atom. The Bertz CT molecular complexity index is 506. The number of hydrogen-bond acceptors (Lipinski definition) is 4. The van der Waals surface area contributed by atoms with Crippen molar-refractivity contribution in [1.29, 1.82) is 0 Å². The Balaban J connectivity index is 2.77. The first-order chi connectivity index (χ1) is 10.0. The molecule has 0 aromatic heterocycles. The van der Waals surface area contributed by atoms with E-state index in [0.717, 1.165) is 11.3 Å². The summed E-state index contributed by atoms with van der Waals surface area (Å²) in [7, 11) is 1.52. The fourth-order valence-corrected chi connectivity index (χ4v) is 2.16. The molecule has 21 heavy (non-hydrogen) atoms. The second-order valence-electron chi connectivity index (χ2n) is 4.55. The minimum Gasteiger partial charge on any atom is -0.496 e. The fraction of sp³-hybridized carbons (Fsp3) is 0.467. The van der Waals surface area contributed by atoms with Gasteiger partial charge in [-0.25, -0.2) is 0 Å². The Hall–Kier alpha value is -1.69. The standard InChI is InChI=1S/C15H22N2O3S/c1-5-8-16-14(18)10(2)17-15(19)12-7-6-11(21-4)9-13(12)20-3/h6-7,9-10H,5,8H2,1-4H3,(H,16,18)(H,17,19)/t10-/m0/s1. The largest absolute Gasteiger partial charge is 0.496 e. The number of rotatable bonds is 7. The topological polar surface area (TPSA) is 67.4 Å². The van der Waals surface area contributed by atoms with Crippen LogP contribution in [0.15, 0.2) is 23.1 Å². The summed E-state index contributed by atoms with van der Waals surface area (Å²) in [5.41, 5.74) is 0.422. The second-order valence-corrected chi connectivity index (χ2v) is 5.43. The van der Waals surface area contributed by atoms with E-state index in [4.69, 9.17) is 4.74 Å². The van der Waals surface area contributed by atoms with E-state index < -0.39 is 6.04 Å². The first kappa shape index (κ1) is 17.4. The van der Waals surface area contributed by atoms with Gasteiger partial charge in [-0.05, 0) is 37.8 Å². The van der Waals surface area contributed by atoms with Crippen molar-refractivity contribution in [3.05, 3.63) is 23.8 Å². The first-order valence-electron chi connectivity index (χ1n) is 6.84. The summed E-state index contributed by atoms with van der Waals surface area (Å²) in [6, 6.07) is 4.77. The number of thioether (sulfide) groups is 1. The van der Waals surface area contributed by atoms with Crippen LogP contribution in [0.3, 0.4) is 0 Å². The van der Waals surface area contributed by atoms with Crippen molar-refractivity contribution in [2.45, 2.75) is 31.2 Å². The number of nitrogens with one attached hydrogen (secondary N) is 2. The Morgan fingerprint density at radius 1 is 1.38 bits per heavy atom. The molecule has 2 N–H and O–H groups in total. The predicted octanol–water partition coefficient (Wildman–Crippen LogP) is 2.06. The zero-order valence-corrected chi connectivity index (χ0v) is 13.7. The lowest BCUT2D eigenvalue weighted by atomic mass is 10.1. The van der Waals surface area contributed by atoms with Crippen molar-refractivity contribution in [1.82, 2.24) is 10.6 Å². The maximum Gasteiger partial charge on any atom is 0.255 e. The molecule has 5 nitrogen and oxygen atoms in total. The van der Waals surface area contributed by atoms with Crippen LogP contribution in [0, 0.1) is 0 Å². The fourth-order valence-electron chi connectivity index (χ4n) is 1.73. The third-order valence-electron chi connectivity index (χ3n) is 2.94. The number of benzene rings is 1. The van der Waals surface area contributed by atoms with Crippen LogP contribution in [0.1, 0.15) is 30.6 Å². The zero-order chi connectivity index (χ0) is 15.8. The first-order valence-corrected chi connectivity index (χ1v) is 8.06. The molecule has 0 spiro atoms. The summed E-state index contributed by atoms with van der Waals surface area (Å²) in [5.74, 6) is -0.0101. The minimum atomic E-state index is -0.589. The normalized spacial score (nSPS) is 11.6. The van der Waals surface area contributed by atoms with Crippen LogP contribution in [-0.2, 0) is 4.79 Å².